The van der Waals surface area contributed by atoms with Crippen molar-refractivity contribution < 1.29 is 19.8 Å². The molecule has 0 spiro atoms. The lowest BCUT2D eigenvalue weighted by Crippen LogP contribution is -2.09. The quantitative estimate of drug-likeness (QED) is 0.802. The zero-order valence-electron chi connectivity index (χ0n) is 9.70. The molecule has 0 unspecified atom stereocenters. The van der Waals surface area contributed by atoms with Crippen LogP contribution in [-0.2, 0) is 4.79 Å². The minimum Gasteiger partial charge on any atom is -0.479 e. The molecule has 1 heterocycles. The van der Waals surface area contributed by atoms with Crippen LogP contribution in [0.3, 0.4) is 0 Å². The number of hydrogen-bond donors (Lipinski definition) is 2. The van der Waals surface area contributed by atoms with Crippen molar-refractivity contribution in [2.24, 2.45) is 0 Å². The van der Waals surface area contributed by atoms with Gasteiger partial charge in [0.05, 0.1) is 0 Å². The summed E-state index contributed by atoms with van der Waals surface area (Å²) in [5.41, 5.74) is 2.31. The third-order valence-corrected chi connectivity index (χ3v) is 2.36. The summed E-state index contributed by atoms with van der Waals surface area (Å²) < 4.78 is 4.88. The van der Waals surface area contributed by atoms with Gasteiger partial charge in [0.25, 0.3) is 0 Å². The predicted molar refractivity (Wildman–Crippen MR) is 62.7 cm³/mol. The lowest BCUT2D eigenvalue weighted by Gasteiger charge is -1.99. The highest BCUT2D eigenvalue weighted by Crippen LogP contribution is 2.23. The molecule has 0 atom stereocenters. The minimum absolute atomic E-state index is 0.0653. The van der Waals surface area contributed by atoms with E-state index in [9.17, 15) is 10.0 Å². The van der Waals surface area contributed by atoms with Crippen molar-refractivity contribution in [3.05, 3.63) is 35.9 Å². The monoisotopic (exact) mass is 248 g/mol. The number of nitrogens with zero attached hydrogens (tertiary/aromatic N) is 2. The summed E-state index contributed by atoms with van der Waals surface area (Å²) in [6, 6.07) is 8.95. The van der Waals surface area contributed by atoms with Crippen molar-refractivity contribution in [2.75, 3.05) is 6.61 Å². The van der Waals surface area contributed by atoms with E-state index in [-0.39, 0.29) is 5.88 Å². The van der Waals surface area contributed by atoms with Crippen LogP contribution in [0.2, 0.25) is 0 Å². The van der Waals surface area contributed by atoms with Gasteiger partial charge in [-0.05, 0) is 6.92 Å². The number of ether oxygens (including phenoxy) is 1. The summed E-state index contributed by atoms with van der Waals surface area (Å²) >= 11 is 0. The van der Waals surface area contributed by atoms with E-state index >= 15 is 0 Å². The van der Waals surface area contributed by atoms with Crippen LogP contribution in [-0.4, -0.2) is 32.8 Å². The van der Waals surface area contributed by atoms with Crippen LogP contribution in [0.15, 0.2) is 30.3 Å². The fourth-order valence-electron chi connectivity index (χ4n) is 1.48. The van der Waals surface area contributed by atoms with Gasteiger partial charge in [-0.25, -0.2) is 4.79 Å². The van der Waals surface area contributed by atoms with Crippen LogP contribution in [0.1, 0.15) is 5.56 Å². The largest absolute Gasteiger partial charge is 0.479 e. The Balaban J connectivity index is 2.23. The zero-order chi connectivity index (χ0) is 13.1. The topological polar surface area (TPSA) is 84.6 Å². The second-order valence-electron chi connectivity index (χ2n) is 3.81. The molecular weight excluding hydrogens is 236 g/mol. The molecule has 18 heavy (non-hydrogen) atoms. The maximum absolute atomic E-state index is 10.3. The number of benzene rings is 1. The Morgan fingerprint density at radius 3 is 2.67 bits per heavy atom. The number of aliphatic carboxylic acids is 1. The molecule has 2 rings (SSSR count). The maximum atomic E-state index is 10.3. The van der Waals surface area contributed by atoms with Crippen LogP contribution in [0.25, 0.3) is 11.3 Å². The molecule has 2 aromatic rings. The molecule has 0 aliphatic carbocycles. The molecule has 0 saturated carbocycles. The molecule has 6 nitrogen and oxygen atoms in total. The number of rotatable bonds is 4. The van der Waals surface area contributed by atoms with E-state index in [1.54, 1.807) is 0 Å². The molecule has 0 aliphatic rings. The zero-order valence-corrected chi connectivity index (χ0v) is 9.70. The second kappa shape index (κ2) is 4.79. The molecule has 6 heteroatoms. The molecule has 1 aromatic carbocycles. The Morgan fingerprint density at radius 2 is 2.06 bits per heavy atom. The first-order valence-corrected chi connectivity index (χ1v) is 5.27. The van der Waals surface area contributed by atoms with Crippen molar-refractivity contribution in [3.63, 3.8) is 0 Å². The Labute approximate surface area is 103 Å². The SMILES string of the molecule is Cc1ccc(-c2cc(OCC(=O)O)nn2O)cc1. The first kappa shape index (κ1) is 12.0. The van der Waals surface area contributed by atoms with E-state index in [0.717, 1.165) is 11.1 Å². The highest BCUT2D eigenvalue weighted by molar-refractivity contribution is 5.68. The molecule has 0 fully saturated rings. The van der Waals surface area contributed by atoms with Gasteiger partial charge in [0, 0.05) is 11.6 Å². The molecule has 0 radical (unpaired) electrons. The van der Waals surface area contributed by atoms with Crippen LogP contribution in [0.5, 0.6) is 5.88 Å². The van der Waals surface area contributed by atoms with Crippen molar-refractivity contribution >= 4 is 5.97 Å². The third-order valence-electron chi connectivity index (χ3n) is 2.36. The fourth-order valence-corrected chi connectivity index (χ4v) is 1.48. The van der Waals surface area contributed by atoms with E-state index in [0.29, 0.717) is 10.5 Å². The van der Waals surface area contributed by atoms with Crippen molar-refractivity contribution in [3.8, 4) is 17.1 Å². The van der Waals surface area contributed by atoms with Crippen molar-refractivity contribution in [1.29, 1.82) is 0 Å². The average Bonchev–Trinajstić information content (AvgIpc) is 2.69. The van der Waals surface area contributed by atoms with Crippen molar-refractivity contribution in [1.82, 2.24) is 9.94 Å². The fraction of sp³-hybridized carbons (Fsp3) is 0.167. The van der Waals surface area contributed by atoms with Gasteiger partial charge in [0.1, 0.15) is 5.69 Å². The first-order valence-electron chi connectivity index (χ1n) is 5.27. The first-order chi connectivity index (χ1) is 8.56. The van der Waals surface area contributed by atoms with Crippen LogP contribution >= 0.6 is 0 Å². The van der Waals surface area contributed by atoms with Gasteiger partial charge in [-0.1, -0.05) is 39.8 Å². The molecule has 0 bridgehead atoms. The number of aromatic nitrogens is 2. The molecule has 0 amide bonds. The maximum Gasteiger partial charge on any atom is 0.341 e. The highest BCUT2D eigenvalue weighted by atomic mass is 16.5. The molecule has 94 valence electrons. The van der Waals surface area contributed by atoms with Gasteiger partial charge < -0.3 is 15.1 Å². The van der Waals surface area contributed by atoms with E-state index < -0.39 is 12.6 Å². The lowest BCUT2D eigenvalue weighted by molar-refractivity contribution is -0.139. The third kappa shape index (κ3) is 2.60. The van der Waals surface area contributed by atoms with E-state index in [1.807, 2.05) is 31.2 Å². The second-order valence-corrected chi connectivity index (χ2v) is 3.81. The van der Waals surface area contributed by atoms with Gasteiger partial charge in [-0.2, -0.15) is 0 Å². The summed E-state index contributed by atoms with van der Waals surface area (Å²) in [6.07, 6.45) is 0. The number of hydrogen-bond acceptors (Lipinski definition) is 4. The Morgan fingerprint density at radius 1 is 1.39 bits per heavy atom. The molecule has 1 aromatic heterocycles. The predicted octanol–water partition coefficient (Wildman–Crippen LogP) is 1.56. The van der Waals surface area contributed by atoms with Gasteiger partial charge in [-0.15, -0.1) is 0 Å². The smallest absolute Gasteiger partial charge is 0.341 e. The Hall–Kier alpha value is -2.50. The number of aryl methyl sites for hydroxylation is 1. The Bertz CT molecular complexity index is 560. The number of carboxylic acid groups (broad SMARTS) is 1. The standard InChI is InChI=1S/C12H12N2O4/c1-8-2-4-9(5-3-8)10-6-11(13-14(10)17)18-7-12(15)16/h2-6,17H,7H2,1H3,(H,15,16). The van der Waals surface area contributed by atoms with Crippen LogP contribution in [0, 0.1) is 6.92 Å². The summed E-state index contributed by atoms with van der Waals surface area (Å²) in [7, 11) is 0. The van der Waals surface area contributed by atoms with Crippen LogP contribution in [0.4, 0.5) is 0 Å². The van der Waals surface area contributed by atoms with Gasteiger partial charge in [-0.3, -0.25) is 0 Å². The van der Waals surface area contributed by atoms with E-state index in [2.05, 4.69) is 5.10 Å². The highest BCUT2D eigenvalue weighted by Gasteiger charge is 2.11. The number of carboxylic acids is 1. The van der Waals surface area contributed by atoms with E-state index in [4.69, 9.17) is 9.84 Å². The summed E-state index contributed by atoms with van der Waals surface area (Å²) in [6.45, 7) is 1.46. The van der Waals surface area contributed by atoms with Gasteiger partial charge >= 0.3 is 5.97 Å². The summed E-state index contributed by atoms with van der Waals surface area (Å²) in [5.74, 6) is -1.03. The molecule has 0 aliphatic heterocycles. The summed E-state index contributed by atoms with van der Waals surface area (Å²) in [5, 5.41) is 21.7. The van der Waals surface area contributed by atoms with Gasteiger partial charge in [0.2, 0.25) is 5.88 Å². The average molecular weight is 248 g/mol. The normalized spacial score (nSPS) is 10.3. The Kier molecular flexibility index (Phi) is 3.18. The molecule has 0 saturated heterocycles. The van der Waals surface area contributed by atoms with E-state index in [1.165, 1.54) is 6.07 Å². The van der Waals surface area contributed by atoms with Crippen molar-refractivity contribution in [2.45, 2.75) is 6.92 Å². The minimum atomic E-state index is -1.10. The van der Waals surface area contributed by atoms with Gasteiger partial charge in [0.15, 0.2) is 6.61 Å². The summed E-state index contributed by atoms with van der Waals surface area (Å²) in [4.78, 5) is 11.0. The molecule has 2 N–H and O–H groups in total. The molecular formula is C12H12N2O4. The van der Waals surface area contributed by atoms with Crippen LogP contribution < -0.4 is 4.74 Å². The number of carbonyl (C=O) groups is 1. The lowest BCUT2D eigenvalue weighted by atomic mass is 10.1.